The number of nitrogens with zero attached hydrogens (tertiary/aromatic N) is 1. The Bertz CT molecular complexity index is 966. The van der Waals surface area contributed by atoms with Gasteiger partial charge in [-0.25, -0.2) is 9.37 Å². The molecule has 0 saturated carbocycles. The van der Waals surface area contributed by atoms with Gasteiger partial charge in [0.05, 0.1) is 5.56 Å². The lowest BCUT2D eigenvalue weighted by Gasteiger charge is -2.31. The number of carbonyl (C=O) groups is 1. The molecule has 0 radical (unpaired) electrons. The van der Waals surface area contributed by atoms with Crippen molar-refractivity contribution in [3.05, 3.63) is 44.4 Å². The minimum absolute atomic E-state index is 0.0705. The van der Waals surface area contributed by atoms with Gasteiger partial charge in [0.15, 0.2) is 10.9 Å². The number of hydrogen-bond acceptors (Lipinski definition) is 4. The van der Waals surface area contributed by atoms with Crippen LogP contribution in [0, 0.1) is 0 Å². The summed E-state index contributed by atoms with van der Waals surface area (Å²) in [7, 11) is 1.45. The number of alkyl halides is 10. The minimum Gasteiger partial charge on any atom is -0.365 e. The number of Topliss-reactive ketones (excluding diaryl/α,β-unsaturated/α-hetero) is 1. The number of anilines is 1. The molecular weight excluding hydrogens is 538 g/mol. The average molecular weight is 547 g/mol. The van der Waals surface area contributed by atoms with Gasteiger partial charge < -0.3 is 5.32 Å². The largest absolute Gasteiger partial charge is 0.435 e. The molecule has 0 amide bonds. The van der Waals surface area contributed by atoms with Crippen molar-refractivity contribution >= 4 is 38.2 Å². The molecule has 0 aliphatic heterocycles. The van der Waals surface area contributed by atoms with Crippen molar-refractivity contribution in [3.8, 4) is 0 Å². The fraction of sp³-hybridized carbons (Fsp3) is 0.375. The summed E-state index contributed by atoms with van der Waals surface area (Å²) in [6.45, 7) is 0. The van der Waals surface area contributed by atoms with Crippen LogP contribution in [-0.4, -0.2) is 30.2 Å². The summed E-state index contributed by atoms with van der Waals surface area (Å²) in [5.74, 6) is -0.991. The van der Waals surface area contributed by atoms with Gasteiger partial charge >= 0.3 is 24.2 Å². The summed E-state index contributed by atoms with van der Waals surface area (Å²) in [5.41, 5.74) is -11.7. The lowest BCUT2D eigenvalue weighted by atomic mass is 9.89. The highest BCUT2D eigenvalue weighted by Gasteiger charge is 2.73. The van der Waals surface area contributed by atoms with Crippen LogP contribution in [0.25, 0.3) is 0 Å². The highest BCUT2D eigenvalue weighted by molar-refractivity contribution is 9.10. The van der Waals surface area contributed by atoms with Crippen molar-refractivity contribution in [3.63, 3.8) is 0 Å². The van der Waals surface area contributed by atoms with Crippen molar-refractivity contribution in [2.24, 2.45) is 0 Å². The predicted octanol–water partition coefficient (Wildman–Crippen LogP) is 6.68. The van der Waals surface area contributed by atoms with E-state index in [0.717, 1.165) is 11.3 Å². The first-order chi connectivity index (χ1) is 13.9. The molecule has 1 heterocycles. The molecule has 172 valence electrons. The second-order valence-electron chi connectivity index (χ2n) is 6.02. The summed E-state index contributed by atoms with van der Waals surface area (Å²) in [6, 6.07) is -0.659. The average Bonchev–Trinajstić information content (AvgIpc) is 3.08. The number of rotatable bonds is 5. The van der Waals surface area contributed by atoms with Gasteiger partial charge in [0, 0.05) is 28.9 Å². The van der Waals surface area contributed by atoms with Crippen molar-refractivity contribution in [1.29, 1.82) is 0 Å². The Morgan fingerprint density at radius 2 is 1.58 bits per heavy atom. The van der Waals surface area contributed by atoms with Crippen molar-refractivity contribution < 1.29 is 48.7 Å². The molecular formula is C16H9BrF10N2OS. The molecule has 0 atom stereocenters. The number of carbonyl (C=O) groups excluding carboxylic acids is 1. The van der Waals surface area contributed by atoms with Gasteiger partial charge in [-0.05, 0) is 17.7 Å². The number of aromatic nitrogens is 1. The van der Waals surface area contributed by atoms with Crippen LogP contribution in [-0.2, 0) is 18.3 Å². The Morgan fingerprint density at radius 3 is 2.00 bits per heavy atom. The summed E-state index contributed by atoms with van der Waals surface area (Å²) in [4.78, 5) is 16.0. The van der Waals surface area contributed by atoms with E-state index in [1.54, 1.807) is 0 Å². The maximum Gasteiger partial charge on any atom is 0.435 e. The fourth-order valence-corrected chi connectivity index (χ4v) is 3.80. The van der Waals surface area contributed by atoms with E-state index in [-0.39, 0.29) is 16.9 Å². The smallest absolute Gasteiger partial charge is 0.365 e. The van der Waals surface area contributed by atoms with Gasteiger partial charge in [-0.3, -0.25) is 4.79 Å². The van der Waals surface area contributed by atoms with Gasteiger partial charge in [0.2, 0.25) is 0 Å². The van der Waals surface area contributed by atoms with Gasteiger partial charge in [-0.2, -0.15) is 39.5 Å². The van der Waals surface area contributed by atoms with Gasteiger partial charge in [-0.15, -0.1) is 11.3 Å². The Balaban J connectivity index is 2.66. The molecule has 0 aliphatic carbocycles. The molecule has 0 unspecified atom stereocenters. The Hall–Kier alpha value is -1.90. The van der Waals surface area contributed by atoms with E-state index >= 15 is 0 Å². The topological polar surface area (TPSA) is 42.0 Å². The second kappa shape index (κ2) is 8.22. The maximum atomic E-state index is 14.3. The summed E-state index contributed by atoms with van der Waals surface area (Å²) in [6.07, 6.45) is -19.8. The highest BCUT2D eigenvalue weighted by atomic mass is 79.9. The fourth-order valence-electron chi connectivity index (χ4n) is 2.52. The third kappa shape index (κ3) is 4.81. The zero-order valence-electron chi connectivity index (χ0n) is 14.9. The maximum absolute atomic E-state index is 14.3. The van der Waals surface area contributed by atoms with Gasteiger partial charge in [0.1, 0.15) is 5.69 Å². The van der Waals surface area contributed by atoms with Crippen LogP contribution in [0.3, 0.4) is 0 Å². The molecule has 3 nitrogen and oxygen atoms in total. The summed E-state index contributed by atoms with van der Waals surface area (Å²) >= 11 is 3.39. The van der Waals surface area contributed by atoms with Crippen LogP contribution in [0.15, 0.2) is 22.0 Å². The highest BCUT2D eigenvalue weighted by Crippen LogP contribution is 2.54. The number of halogens is 11. The van der Waals surface area contributed by atoms with Crippen LogP contribution in [0.4, 0.5) is 49.0 Å². The normalized spacial score (nSPS) is 13.4. The van der Waals surface area contributed by atoms with Crippen molar-refractivity contribution in [1.82, 2.24) is 4.98 Å². The first-order valence-electron chi connectivity index (χ1n) is 7.82. The van der Waals surface area contributed by atoms with E-state index in [1.165, 1.54) is 12.4 Å². The number of nitrogens with one attached hydrogen (secondary N) is 1. The molecule has 0 spiro atoms. The minimum atomic E-state index is -6.60. The quantitative estimate of drug-likeness (QED) is 0.336. The summed E-state index contributed by atoms with van der Waals surface area (Å²) in [5, 5.41) is 4.02. The van der Waals surface area contributed by atoms with E-state index in [9.17, 15) is 48.7 Å². The molecule has 1 aromatic heterocycles. The molecule has 0 fully saturated rings. The molecule has 1 N–H and O–H groups in total. The van der Waals surface area contributed by atoms with Crippen molar-refractivity contribution in [2.75, 3.05) is 12.4 Å². The summed E-state index contributed by atoms with van der Waals surface area (Å²) < 4.78 is 131. The lowest BCUT2D eigenvalue weighted by Crippen LogP contribution is -2.50. The zero-order valence-corrected chi connectivity index (χ0v) is 17.3. The molecule has 0 aliphatic rings. The number of thiazole rings is 1. The molecule has 15 heteroatoms. The van der Waals surface area contributed by atoms with Crippen LogP contribution in [0.5, 0.6) is 0 Å². The Kier molecular flexibility index (Phi) is 6.73. The number of hydrogen-bond donors (Lipinski definition) is 1. The first-order valence-corrected chi connectivity index (χ1v) is 9.49. The third-order valence-corrected chi connectivity index (χ3v) is 5.59. The molecule has 2 rings (SSSR count). The Labute approximate surface area is 179 Å². The van der Waals surface area contributed by atoms with Crippen LogP contribution in [0.1, 0.15) is 27.2 Å². The lowest BCUT2D eigenvalue weighted by molar-refractivity contribution is -0.348. The van der Waals surface area contributed by atoms with Crippen LogP contribution in [0.2, 0.25) is 0 Å². The van der Waals surface area contributed by atoms with E-state index in [2.05, 4.69) is 26.2 Å². The van der Waals surface area contributed by atoms with Gasteiger partial charge in [0.25, 0.3) is 0 Å². The zero-order chi connectivity index (χ0) is 24.0. The van der Waals surface area contributed by atoms with E-state index in [4.69, 9.17) is 0 Å². The SMILES string of the molecule is CNc1nc(C(=O)Cc2c(Br)cc(C(F)(C(F)(F)F)C(F)(F)F)cc2C(F)(F)F)cs1. The third-order valence-electron chi connectivity index (χ3n) is 4.02. The molecule has 0 bridgehead atoms. The number of ketones is 1. The van der Waals surface area contributed by atoms with Crippen LogP contribution < -0.4 is 5.32 Å². The standard InChI is InChI=1S/C16H9BrF10N2OS/c1-28-12-29-10(5-31-12)11(30)4-7-8(14(19,20)21)2-6(3-9(7)17)13(18,15(22,23)24)16(25,26)27/h2-3,5H,4H2,1H3,(H,28,29). The second-order valence-corrected chi connectivity index (χ2v) is 7.74. The van der Waals surface area contributed by atoms with E-state index in [0.29, 0.717) is 0 Å². The molecule has 0 saturated heterocycles. The monoisotopic (exact) mass is 546 g/mol. The van der Waals surface area contributed by atoms with Crippen LogP contribution >= 0.6 is 27.3 Å². The van der Waals surface area contributed by atoms with Gasteiger partial charge in [-0.1, -0.05) is 15.9 Å². The molecule has 31 heavy (non-hydrogen) atoms. The first kappa shape index (κ1) is 25.4. The molecule has 2 aromatic rings. The number of benzene rings is 1. The predicted molar refractivity (Wildman–Crippen MR) is 93.7 cm³/mol. The van der Waals surface area contributed by atoms with Crippen molar-refractivity contribution in [2.45, 2.75) is 30.6 Å². The Morgan fingerprint density at radius 1 is 1.03 bits per heavy atom. The van der Waals surface area contributed by atoms with E-state index < -0.39 is 63.6 Å². The van der Waals surface area contributed by atoms with E-state index in [1.807, 2.05) is 0 Å². The molecule has 1 aromatic carbocycles.